The predicted molar refractivity (Wildman–Crippen MR) is 78.8 cm³/mol. The topological polar surface area (TPSA) is 29.3 Å². The van der Waals surface area contributed by atoms with E-state index in [0.29, 0.717) is 6.54 Å². The van der Waals surface area contributed by atoms with Gasteiger partial charge in [-0.05, 0) is 49.7 Å². The second kappa shape index (κ2) is 8.00. The van der Waals surface area contributed by atoms with Crippen LogP contribution in [0, 0.1) is 5.82 Å². The molecular formula is C13H20ClFN2S. The summed E-state index contributed by atoms with van der Waals surface area (Å²) in [5, 5.41) is 0.152. The average Bonchev–Trinajstić information content (AvgIpc) is 2.35. The van der Waals surface area contributed by atoms with Gasteiger partial charge in [0, 0.05) is 12.6 Å². The van der Waals surface area contributed by atoms with Crippen LogP contribution in [0.4, 0.5) is 4.39 Å². The zero-order chi connectivity index (χ0) is 13.5. The zero-order valence-electron chi connectivity index (χ0n) is 10.8. The molecule has 1 atom stereocenters. The first-order valence-corrected chi connectivity index (χ1v) is 7.71. The highest BCUT2D eigenvalue weighted by Crippen LogP contribution is 2.23. The Kier molecular flexibility index (Phi) is 7.00. The van der Waals surface area contributed by atoms with E-state index in [1.54, 1.807) is 6.07 Å². The Morgan fingerprint density at radius 2 is 2.22 bits per heavy atom. The van der Waals surface area contributed by atoms with E-state index in [0.717, 1.165) is 24.3 Å². The number of hydrogen-bond donors (Lipinski definition) is 1. The van der Waals surface area contributed by atoms with E-state index in [2.05, 4.69) is 11.2 Å². The van der Waals surface area contributed by atoms with Gasteiger partial charge in [0.1, 0.15) is 5.82 Å². The molecule has 2 N–H and O–H groups in total. The van der Waals surface area contributed by atoms with Crippen molar-refractivity contribution in [3.05, 3.63) is 34.6 Å². The van der Waals surface area contributed by atoms with Gasteiger partial charge in [0.15, 0.2) is 0 Å². The molecule has 0 saturated carbocycles. The van der Waals surface area contributed by atoms with Crippen LogP contribution in [0.15, 0.2) is 18.2 Å². The molecule has 0 saturated heterocycles. The lowest BCUT2D eigenvalue weighted by molar-refractivity contribution is 0.251. The van der Waals surface area contributed by atoms with Gasteiger partial charge >= 0.3 is 0 Å². The van der Waals surface area contributed by atoms with Crippen LogP contribution in [-0.4, -0.2) is 37.0 Å². The van der Waals surface area contributed by atoms with E-state index in [1.807, 2.05) is 24.9 Å². The Balaban J connectivity index is 2.72. The van der Waals surface area contributed by atoms with Crippen LogP contribution in [0.25, 0.3) is 0 Å². The van der Waals surface area contributed by atoms with Crippen molar-refractivity contribution in [2.24, 2.45) is 5.73 Å². The molecule has 18 heavy (non-hydrogen) atoms. The van der Waals surface area contributed by atoms with Crippen LogP contribution in [-0.2, 0) is 0 Å². The fourth-order valence-electron chi connectivity index (χ4n) is 1.90. The first-order chi connectivity index (χ1) is 8.60. The van der Waals surface area contributed by atoms with Crippen molar-refractivity contribution in [1.29, 1.82) is 0 Å². The Hall–Kier alpha value is -0.290. The molecular weight excluding hydrogens is 271 g/mol. The van der Waals surface area contributed by atoms with Crippen LogP contribution in [0.2, 0.25) is 5.02 Å². The molecule has 0 radical (unpaired) electrons. The molecule has 102 valence electrons. The molecule has 1 aromatic rings. The third-order valence-electron chi connectivity index (χ3n) is 2.94. The minimum absolute atomic E-state index is 0.0404. The number of hydrogen-bond acceptors (Lipinski definition) is 3. The van der Waals surface area contributed by atoms with Crippen molar-refractivity contribution >= 4 is 23.4 Å². The molecule has 1 aromatic carbocycles. The monoisotopic (exact) mass is 290 g/mol. The van der Waals surface area contributed by atoms with E-state index in [1.165, 1.54) is 6.07 Å². The molecule has 1 unspecified atom stereocenters. The van der Waals surface area contributed by atoms with E-state index in [-0.39, 0.29) is 16.9 Å². The second-order valence-corrected chi connectivity index (χ2v) is 5.64. The van der Waals surface area contributed by atoms with Crippen LogP contribution < -0.4 is 5.73 Å². The summed E-state index contributed by atoms with van der Waals surface area (Å²) < 4.78 is 13.5. The summed E-state index contributed by atoms with van der Waals surface area (Å²) in [6, 6.07) is 4.95. The molecule has 0 amide bonds. The maximum absolute atomic E-state index is 13.5. The van der Waals surface area contributed by atoms with Crippen LogP contribution in [0.1, 0.15) is 18.0 Å². The minimum atomic E-state index is -0.384. The molecule has 0 aliphatic rings. The fourth-order valence-corrected chi connectivity index (χ4v) is 2.44. The van der Waals surface area contributed by atoms with Crippen molar-refractivity contribution in [2.45, 2.75) is 12.5 Å². The Bertz CT molecular complexity index is 376. The van der Waals surface area contributed by atoms with Crippen molar-refractivity contribution < 1.29 is 4.39 Å². The van der Waals surface area contributed by atoms with Gasteiger partial charge in [-0.2, -0.15) is 11.8 Å². The third kappa shape index (κ3) is 4.43. The van der Waals surface area contributed by atoms with Crippen molar-refractivity contribution in [3.63, 3.8) is 0 Å². The minimum Gasteiger partial charge on any atom is -0.329 e. The molecule has 0 aromatic heterocycles. The maximum atomic E-state index is 13.5. The standard InChI is InChI=1S/C13H20ClFN2S/c1-17(6-3-7-18-2)13(9-16)10-4-5-11(14)12(15)8-10/h4-5,8,13H,3,6-7,9,16H2,1-2H3. The van der Waals surface area contributed by atoms with Gasteiger partial charge in [-0.15, -0.1) is 0 Å². The van der Waals surface area contributed by atoms with Gasteiger partial charge in [-0.3, -0.25) is 4.90 Å². The Morgan fingerprint density at radius 3 is 2.78 bits per heavy atom. The summed E-state index contributed by atoms with van der Waals surface area (Å²) in [6.45, 7) is 1.42. The first kappa shape index (κ1) is 15.8. The first-order valence-electron chi connectivity index (χ1n) is 5.94. The molecule has 2 nitrogen and oxygen atoms in total. The summed E-state index contributed by atoms with van der Waals surface area (Å²) >= 11 is 7.52. The predicted octanol–water partition coefficient (Wildman–Crippen LogP) is 3.16. The van der Waals surface area contributed by atoms with E-state index < -0.39 is 0 Å². The molecule has 0 heterocycles. The van der Waals surface area contributed by atoms with Gasteiger partial charge in [0.2, 0.25) is 0 Å². The molecule has 1 rings (SSSR count). The number of nitrogens with zero attached hydrogens (tertiary/aromatic N) is 1. The molecule has 0 bridgehead atoms. The lowest BCUT2D eigenvalue weighted by Crippen LogP contribution is -2.31. The van der Waals surface area contributed by atoms with E-state index >= 15 is 0 Å². The number of nitrogens with two attached hydrogens (primary N) is 1. The zero-order valence-corrected chi connectivity index (χ0v) is 12.4. The van der Waals surface area contributed by atoms with Gasteiger partial charge in [-0.1, -0.05) is 17.7 Å². The lowest BCUT2D eigenvalue weighted by Gasteiger charge is -2.27. The second-order valence-electron chi connectivity index (χ2n) is 4.25. The molecule has 5 heteroatoms. The normalized spacial score (nSPS) is 13.0. The number of rotatable bonds is 7. The van der Waals surface area contributed by atoms with E-state index in [9.17, 15) is 4.39 Å². The van der Waals surface area contributed by atoms with Gasteiger partial charge < -0.3 is 5.73 Å². The number of halogens is 2. The van der Waals surface area contributed by atoms with E-state index in [4.69, 9.17) is 17.3 Å². The lowest BCUT2D eigenvalue weighted by atomic mass is 10.1. The molecule has 0 spiro atoms. The quantitative estimate of drug-likeness (QED) is 0.782. The molecule has 0 fully saturated rings. The third-order valence-corrected chi connectivity index (χ3v) is 3.95. The highest BCUT2D eigenvalue weighted by atomic mass is 35.5. The Morgan fingerprint density at radius 1 is 1.50 bits per heavy atom. The van der Waals surface area contributed by atoms with Crippen LogP contribution >= 0.6 is 23.4 Å². The smallest absolute Gasteiger partial charge is 0.142 e. The van der Waals surface area contributed by atoms with Gasteiger partial charge in [0.25, 0.3) is 0 Å². The summed E-state index contributed by atoms with van der Waals surface area (Å²) in [4.78, 5) is 2.17. The summed E-state index contributed by atoms with van der Waals surface area (Å²) in [5.74, 6) is 0.737. The largest absolute Gasteiger partial charge is 0.329 e. The van der Waals surface area contributed by atoms with Crippen molar-refractivity contribution in [1.82, 2.24) is 4.90 Å². The van der Waals surface area contributed by atoms with Crippen LogP contribution in [0.5, 0.6) is 0 Å². The average molecular weight is 291 g/mol. The highest BCUT2D eigenvalue weighted by molar-refractivity contribution is 7.98. The fraction of sp³-hybridized carbons (Fsp3) is 0.538. The highest BCUT2D eigenvalue weighted by Gasteiger charge is 2.16. The van der Waals surface area contributed by atoms with Crippen LogP contribution in [0.3, 0.4) is 0 Å². The Labute approximate surface area is 118 Å². The van der Waals surface area contributed by atoms with Gasteiger partial charge in [-0.25, -0.2) is 4.39 Å². The summed E-state index contributed by atoms with van der Waals surface area (Å²) in [6.07, 6.45) is 3.19. The van der Waals surface area contributed by atoms with Gasteiger partial charge in [0.05, 0.1) is 5.02 Å². The SMILES string of the molecule is CSCCCN(C)C(CN)c1ccc(Cl)c(F)c1. The summed E-state index contributed by atoms with van der Waals surface area (Å²) in [5.41, 5.74) is 6.68. The molecule has 0 aliphatic carbocycles. The van der Waals surface area contributed by atoms with Crippen molar-refractivity contribution in [2.75, 3.05) is 32.1 Å². The summed E-state index contributed by atoms with van der Waals surface area (Å²) in [7, 11) is 2.02. The maximum Gasteiger partial charge on any atom is 0.142 e. The number of likely N-dealkylation sites (N-methyl/N-ethyl adjacent to an activating group) is 1. The number of benzene rings is 1. The van der Waals surface area contributed by atoms with Crippen molar-refractivity contribution in [3.8, 4) is 0 Å². The molecule has 0 aliphatic heterocycles. The number of thioether (sulfide) groups is 1.